The molecule has 0 aliphatic carbocycles. The molecule has 2 aromatic carbocycles. The van der Waals surface area contributed by atoms with Crippen LogP contribution in [0.4, 0.5) is 5.69 Å². The van der Waals surface area contributed by atoms with E-state index in [1.807, 2.05) is 42.5 Å². The summed E-state index contributed by atoms with van der Waals surface area (Å²) in [4.78, 5) is 17.9. The average Bonchev–Trinajstić information content (AvgIpc) is 3.26. The molecule has 0 spiro atoms. The highest BCUT2D eigenvalue weighted by Gasteiger charge is 2.21. The molecular formula is C22H25N3O3S. The second-order valence-corrected chi connectivity index (χ2v) is 7.90. The summed E-state index contributed by atoms with van der Waals surface area (Å²) in [6.07, 6.45) is 3.72. The maximum atomic E-state index is 12.9. The van der Waals surface area contributed by atoms with Crippen molar-refractivity contribution >= 4 is 23.5 Å². The lowest BCUT2D eigenvalue weighted by Crippen LogP contribution is -2.38. The van der Waals surface area contributed by atoms with Gasteiger partial charge >= 0.3 is 0 Å². The fourth-order valence-corrected chi connectivity index (χ4v) is 3.63. The van der Waals surface area contributed by atoms with Gasteiger partial charge in [-0.1, -0.05) is 32.0 Å². The van der Waals surface area contributed by atoms with Crippen LogP contribution in [0, 0.1) is 5.92 Å². The van der Waals surface area contributed by atoms with Crippen molar-refractivity contribution in [3.63, 3.8) is 0 Å². The molecule has 1 atom stereocenters. The monoisotopic (exact) mass is 411 g/mol. The number of oxazole rings is 1. The summed E-state index contributed by atoms with van der Waals surface area (Å²) in [6, 6.07) is 15.1. The maximum absolute atomic E-state index is 12.9. The summed E-state index contributed by atoms with van der Waals surface area (Å²) in [5.74, 6) is 1.50. The van der Waals surface area contributed by atoms with Gasteiger partial charge in [0.2, 0.25) is 5.91 Å². The van der Waals surface area contributed by atoms with Crippen LogP contribution in [0.5, 0.6) is 5.75 Å². The van der Waals surface area contributed by atoms with Gasteiger partial charge in [-0.25, -0.2) is 9.71 Å². The van der Waals surface area contributed by atoms with Gasteiger partial charge in [0, 0.05) is 16.6 Å². The minimum Gasteiger partial charge on any atom is -0.496 e. The Hall–Kier alpha value is -2.77. The molecular weight excluding hydrogens is 386 g/mol. The summed E-state index contributed by atoms with van der Waals surface area (Å²) in [6.45, 7) is 4.20. The smallest absolute Gasteiger partial charge is 0.242 e. The van der Waals surface area contributed by atoms with Gasteiger partial charge in [-0.3, -0.25) is 4.79 Å². The molecule has 152 valence electrons. The largest absolute Gasteiger partial charge is 0.496 e. The number of aromatic nitrogens is 1. The van der Waals surface area contributed by atoms with E-state index >= 15 is 0 Å². The highest BCUT2D eigenvalue weighted by molar-refractivity contribution is 7.97. The van der Waals surface area contributed by atoms with Gasteiger partial charge in [-0.05, 0) is 48.6 Å². The molecule has 2 N–H and O–H groups in total. The second-order valence-electron chi connectivity index (χ2n) is 6.99. The van der Waals surface area contributed by atoms with Crippen LogP contribution in [-0.4, -0.2) is 24.0 Å². The van der Waals surface area contributed by atoms with Crippen LogP contribution < -0.4 is 14.8 Å². The van der Waals surface area contributed by atoms with Crippen LogP contribution in [0.1, 0.15) is 20.3 Å². The van der Waals surface area contributed by atoms with Gasteiger partial charge in [-0.2, -0.15) is 0 Å². The first-order chi connectivity index (χ1) is 14.1. The zero-order valence-electron chi connectivity index (χ0n) is 16.7. The Kier molecular flexibility index (Phi) is 7.32. The van der Waals surface area contributed by atoms with Gasteiger partial charge in [-0.15, -0.1) is 0 Å². The number of benzene rings is 2. The minimum absolute atomic E-state index is 0.0865. The predicted molar refractivity (Wildman–Crippen MR) is 116 cm³/mol. The van der Waals surface area contributed by atoms with Crippen molar-refractivity contribution in [1.29, 1.82) is 0 Å². The summed E-state index contributed by atoms with van der Waals surface area (Å²) in [5.41, 5.74) is 1.44. The Morgan fingerprint density at radius 2 is 2.00 bits per heavy atom. The molecule has 1 heterocycles. The van der Waals surface area contributed by atoms with Gasteiger partial charge in [0.15, 0.2) is 12.2 Å². The SMILES string of the molecule is COc1cc(NC(=O)C(CC(C)C)NSc2ccccc2)ccc1-c1cnco1. The van der Waals surface area contributed by atoms with Crippen LogP contribution in [0.3, 0.4) is 0 Å². The number of nitrogens with zero attached hydrogens (tertiary/aromatic N) is 1. The lowest BCUT2D eigenvalue weighted by Gasteiger charge is -2.20. The number of hydrogen-bond donors (Lipinski definition) is 2. The molecule has 7 heteroatoms. The molecule has 0 saturated heterocycles. The van der Waals surface area contributed by atoms with Crippen LogP contribution in [-0.2, 0) is 4.79 Å². The minimum atomic E-state index is -0.333. The van der Waals surface area contributed by atoms with Crippen LogP contribution >= 0.6 is 11.9 Å². The molecule has 0 aliphatic heterocycles. The van der Waals surface area contributed by atoms with E-state index < -0.39 is 0 Å². The molecule has 0 radical (unpaired) electrons. The van der Waals surface area contributed by atoms with E-state index in [1.165, 1.54) is 18.3 Å². The first-order valence-electron chi connectivity index (χ1n) is 9.42. The van der Waals surface area contributed by atoms with Crippen molar-refractivity contribution < 1.29 is 13.9 Å². The highest BCUT2D eigenvalue weighted by atomic mass is 32.2. The zero-order chi connectivity index (χ0) is 20.6. The lowest BCUT2D eigenvalue weighted by molar-refractivity contribution is -0.118. The zero-order valence-corrected chi connectivity index (χ0v) is 17.5. The topological polar surface area (TPSA) is 76.4 Å². The maximum Gasteiger partial charge on any atom is 0.242 e. The Balaban J connectivity index is 1.71. The van der Waals surface area contributed by atoms with E-state index in [9.17, 15) is 4.79 Å². The first kappa shape index (κ1) is 21.0. The molecule has 1 unspecified atom stereocenters. The van der Waals surface area contributed by atoms with Gasteiger partial charge in [0.05, 0.1) is 24.9 Å². The third-order valence-electron chi connectivity index (χ3n) is 4.25. The van der Waals surface area contributed by atoms with Crippen LogP contribution in [0.15, 0.2) is 70.4 Å². The molecule has 0 aliphatic rings. The number of nitrogens with one attached hydrogen (secondary N) is 2. The Morgan fingerprint density at radius 3 is 2.66 bits per heavy atom. The van der Waals surface area contributed by atoms with Crippen molar-refractivity contribution in [1.82, 2.24) is 9.71 Å². The number of carbonyl (C=O) groups excluding carboxylic acids is 1. The lowest BCUT2D eigenvalue weighted by atomic mass is 10.0. The molecule has 29 heavy (non-hydrogen) atoms. The second kappa shape index (κ2) is 10.1. The molecule has 1 aromatic heterocycles. The fourth-order valence-electron chi connectivity index (χ4n) is 2.86. The van der Waals surface area contributed by atoms with E-state index in [2.05, 4.69) is 28.9 Å². The third-order valence-corrected chi connectivity index (χ3v) is 5.16. The van der Waals surface area contributed by atoms with E-state index in [1.54, 1.807) is 19.4 Å². The Morgan fingerprint density at radius 1 is 1.21 bits per heavy atom. The first-order valence-corrected chi connectivity index (χ1v) is 10.2. The molecule has 1 amide bonds. The third kappa shape index (κ3) is 5.85. The van der Waals surface area contributed by atoms with E-state index in [4.69, 9.17) is 9.15 Å². The predicted octanol–water partition coefficient (Wildman–Crippen LogP) is 5.00. The molecule has 3 aromatic rings. The highest BCUT2D eigenvalue weighted by Crippen LogP contribution is 2.32. The van der Waals surface area contributed by atoms with Crippen LogP contribution in [0.25, 0.3) is 11.3 Å². The number of rotatable bonds is 9. The standard InChI is InChI=1S/C22H25N3O3S/c1-15(2)11-19(25-29-17-7-5-4-6-8-17)22(26)24-16-9-10-18(20(12-16)27-3)21-13-23-14-28-21/h4-10,12-15,19,25H,11H2,1-3H3,(H,24,26). The summed E-state index contributed by atoms with van der Waals surface area (Å²) in [5, 5.41) is 2.99. The van der Waals surface area contributed by atoms with Crippen molar-refractivity contribution in [2.45, 2.75) is 31.2 Å². The Labute approximate surface area is 175 Å². The van der Waals surface area contributed by atoms with Crippen LogP contribution in [0.2, 0.25) is 0 Å². The molecule has 0 saturated carbocycles. The number of hydrogen-bond acceptors (Lipinski definition) is 6. The van der Waals surface area contributed by atoms with Crippen molar-refractivity contribution in [2.75, 3.05) is 12.4 Å². The van der Waals surface area contributed by atoms with Gasteiger partial charge in [0.1, 0.15) is 5.75 Å². The van der Waals surface area contributed by atoms with E-state index in [-0.39, 0.29) is 11.9 Å². The molecule has 0 bridgehead atoms. The van der Waals surface area contributed by atoms with Crippen molar-refractivity contribution in [2.24, 2.45) is 5.92 Å². The fraction of sp³-hybridized carbons (Fsp3) is 0.273. The molecule has 0 fully saturated rings. The number of anilines is 1. The van der Waals surface area contributed by atoms with Crippen molar-refractivity contribution in [3.05, 3.63) is 61.1 Å². The molecule has 3 rings (SSSR count). The summed E-state index contributed by atoms with van der Waals surface area (Å²) in [7, 11) is 1.58. The normalized spacial score (nSPS) is 12.0. The number of ether oxygens (including phenoxy) is 1. The number of methoxy groups -OCH3 is 1. The number of amides is 1. The van der Waals surface area contributed by atoms with E-state index in [0.717, 1.165) is 16.9 Å². The Bertz CT molecular complexity index is 914. The number of carbonyl (C=O) groups is 1. The van der Waals surface area contributed by atoms with Crippen molar-refractivity contribution in [3.8, 4) is 17.1 Å². The molecule has 6 nitrogen and oxygen atoms in total. The van der Waals surface area contributed by atoms with Gasteiger partial charge < -0.3 is 14.5 Å². The van der Waals surface area contributed by atoms with E-state index in [0.29, 0.717) is 23.1 Å². The quantitative estimate of drug-likeness (QED) is 0.483. The van der Waals surface area contributed by atoms with Gasteiger partial charge in [0.25, 0.3) is 0 Å². The summed E-state index contributed by atoms with van der Waals surface area (Å²) >= 11 is 1.46. The average molecular weight is 412 g/mol. The summed E-state index contributed by atoms with van der Waals surface area (Å²) < 4.78 is 14.1.